The van der Waals surface area contributed by atoms with E-state index in [2.05, 4.69) is 10.3 Å². The van der Waals surface area contributed by atoms with Gasteiger partial charge in [-0.2, -0.15) is 0 Å². The molecule has 0 fully saturated rings. The molecule has 0 aliphatic rings. The van der Waals surface area contributed by atoms with Gasteiger partial charge in [-0.15, -0.1) is 0 Å². The Kier molecular flexibility index (Phi) is 4.90. The summed E-state index contributed by atoms with van der Waals surface area (Å²) in [4.78, 5) is 17.5. The lowest BCUT2D eigenvalue weighted by atomic mass is 10.1. The third kappa shape index (κ3) is 3.79. The monoisotopic (exact) mass is 285 g/mol. The first-order chi connectivity index (χ1) is 10.1. The Morgan fingerprint density at radius 3 is 2.62 bits per heavy atom. The Morgan fingerprint density at radius 1 is 1.29 bits per heavy atom. The van der Waals surface area contributed by atoms with Gasteiger partial charge in [0.2, 0.25) is 0 Å². The summed E-state index contributed by atoms with van der Waals surface area (Å²) in [6, 6.07) is 12.9. The summed E-state index contributed by atoms with van der Waals surface area (Å²) in [5, 5.41) is 12.8. The average molecular weight is 285 g/mol. The minimum atomic E-state index is -0.226. The molecule has 0 spiro atoms. The summed E-state index contributed by atoms with van der Waals surface area (Å²) in [6.45, 7) is -0.0384. The van der Waals surface area contributed by atoms with Crippen LogP contribution in [0.1, 0.15) is 22.1 Å². The Hall–Kier alpha value is -2.40. The minimum Gasteiger partial charge on any atom is -0.394 e. The molecule has 2 N–H and O–H groups in total. The lowest BCUT2D eigenvalue weighted by Crippen LogP contribution is -2.23. The fourth-order valence-electron chi connectivity index (χ4n) is 1.99. The van der Waals surface area contributed by atoms with Crippen molar-refractivity contribution in [1.82, 2.24) is 9.88 Å². The summed E-state index contributed by atoms with van der Waals surface area (Å²) < 4.78 is 0. The second-order valence-corrected chi connectivity index (χ2v) is 4.92. The van der Waals surface area contributed by atoms with E-state index in [0.717, 1.165) is 11.3 Å². The van der Waals surface area contributed by atoms with Crippen molar-refractivity contribution in [2.45, 2.75) is 6.04 Å². The smallest absolute Gasteiger partial charge is 0.272 e. The number of aliphatic hydroxyl groups excluding tert-OH is 1. The van der Waals surface area contributed by atoms with E-state index >= 15 is 0 Å². The van der Waals surface area contributed by atoms with Crippen LogP contribution >= 0.6 is 0 Å². The lowest BCUT2D eigenvalue weighted by Gasteiger charge is -2.18. The summed E-state index contributed by atoms with van der Waals surface area (Å²) in [5.74, 6) is -0.154. The SMILES string of the molecule is CN(C)C(=O)c1cc(NC(CO)c2ccccc2)ccn1. The maximum Gasteiger partial charge on any atom is 0.272 e. The molecule has 110 valence electrons. The molecule has 0 radical (unpaired) electrons. The molecule has 0 bridgehead atoms. The van der Waals surface area contributed by atoms with E-state index < -0.39 is 0 Å². The van der Waals surface area contributed by atoms with Crippen molar-refractivity contribution in [3.8, 4) is 0 Å². The first-order valence-corrected chi connectivity index (χ1v) is 6.72. The molecule has 2 rings (SSSR count). The van der Waals surface area contributed by atoms with Crippen molar-refractivity contribution >= 4 is 11.6 Å². The number of nitrogens with one attached hydrogen (secondary N) is 1. The van der Waals surface area contributed by atoms with Crippen LogP contribution in [0.15, 0.2) is 48.7 Å². The zero-order valence-electron chi connectivity index (χ0n) is 12.2. The van der Waals surface area contributed by atoms with Crippen molar-refractivity contribution in [1.29, 1.82) is 0 Å². The van der Waals surface area contributed by atoms with Gasteiger partial charge in [-0.1, -0.05) is 30.3 Å². The summed E-state index contributed by atoms with van der Waals surface area (Å²) in [7, 11) is 3.37. The van der Waals surface area contributed by atoms with E-state index in [4.69, 9.17) is 0 Å². The highest BCUT2D eigenvalue weighted by Gasteiger charge is 2.13. The van der Waals surface area contributed by atoms with E-state index in [9.17, 15) is 9.90 Å². The van der Waals surface area contributed by atoms with Gasteiger partial charge in [0.1, 0.15) is 5.69 Å². The van der Waals surface area contributed by atoms with Gasteiger partial charge in [-0.25, -0.2) is 0 Å². The molecule has 1 aromatic heterocycles. The van der Waals surface area contributed by atoms with E-state index in [1.165, 1.54) is 4.90 Å². The number of carbonyl (C=O) groups excluding carboxylic acids is 1. The zero-order valence-corrected chi connectivity index (χ0v) is 12.2. The molecule has 1 amide bonds. The molecule has 1 atom stereocenters. The van der Waals surface area contributed by atoms with E-state index in [0.29, 0.717) is 5.69 Å². The highest BCUT2D eigenvalue weighted by molar-refractivity contribution is 5.92. The Morgan fingerprint density at radius 2 is 2.00 bits per heavy atom. The molecule has 0 saturated heterocycles. The number of rotatable bonds is 5. The number of benzene rings is 1. The maximum absolute atomic E-state index is 11.9. The molecule has 0 aliphatic carbocycles. The topological polar surface area (TPSA) is 65.5 Å². The standard InChI is InChI=1S/C16H19N3O2/c1-19(2)16(21)14-10-13(8-9-17-14)18-15(11-20)12-6-4-3-5-7-12/h3-10,15,20H,11H2,1-2H3,(H,17,18). The third-order valence-electron chi connectivity index (χ3n) is 3.11. The van der Waals surface area contributed by atoms with Crippen molar-refractivity contribution in [2.24, 2.45) is 0 Å². The molecule has 1 unspecified atom stereocenters. The number of carbonyl (C=O) groups is 1. The number of anilines is 1. The van der Waals surface area contributed by atoms with Crippen molar-refractivity contribution in [2.75, 3.05) is 26.0 Å². The fraction of sp³-hybridized carbons (Fsp3) is 0.250. The second kappa shape index (κ2) is 6.85. The first kappa shape index (κ1) is 15.0. The van der Waals surface area contributed by atoms with Crippen molar-refractivity contribution in [3.05, 3.63) is 59.9 Å². The normalized spacial score (nSPS) is 11.8. The van der Waals surface area contributed by atoms with E-state index in [1.54, 1.807) is 32.4 Å². The Bertz CT molecular complexity index is 599. The van der Waals surface area contributed by atoms with Gasteiger partial charge in [0, 0.05) is 26.0 Å². The number of amides is 1. The second-order valence-electron chi connectivity index (χ2n) is 4.92. The van der Waals surface area contributed by atoms with Crippen LogP contribution in [0.2, 0.25) is 0 Å². The number of nitrogens with zero attached hydrogens (tertiary/aromatic N) is 2. The molecule has 0 aliphatic heterocycles. The molecule has 5 nitrogen and oxygen atoms in total. The van der Waals surface area contributed by atoms with Gasteiger partial charge in [0.15, 0.2) is 0 Å². The van der Waals surface area contributed by atoms with Crippen LogP contribution in [-0.2, 0) is 0 Å². The summed E-state index contributed by atoms with van der Waals surface area (Å²) in [6.07, 6.45) is 1.58. The Balaban J connectivity index is 2.19. The van der Waals surface area contributed by atoms with Crippen molar-refractivity contribution in [3.63, 3.8) is 0 Å². The number of aromatic nitrogens is 1. The molecule has 21 heavy (non-hydrogen) atoms. The predicted octanol–water partition coefficient (Wildman–Crippen LogP) is 1.93. The number of hydrogen-bond acceptors (Lipinski definition) is 4. The number of hydrogen-bond donors (Lipinski definition) is 2. The summed E-state index contributed by atoms with van der Waals surface area (Å²) >= 11 is 0. The van der Waals surface area contributed by atoms with E-state index in [1.807, 2.05) is 30.3 Å². The molecule has 1 heterocycles. The van der Waals surface area contributed by atoms with Crippen LogP contribution in [0, 0.1) is 0 Å². The molecule has 5 heteroatoms. The molecule has 1 aromatic carbocycles. The highest BCUT2D eigenvalue weighted by Crippen LogP contribution is 2.19. The largest absolute Gasteiger partial charge is 0.394 e. The molecule has 2 aromatic rings. The average Bonchev–Trinajstić information content (AvgIpc) is 2.53. The van der Waals surface area contributed by atoms with Crippen molar-refractivity contribution < 1.29 is 9.90 Å². The van der Waals surface area contributed by atoms with Crippen LogP contribution in [0.3, 0.4) is 0 Å². The quantitative estimate of drug-likeness (QED) is 0.881. The number of pyridine rings is 1. The lowest BCUT2D eigenvalue weighted by molar-refractivity contribution is 0.0822. The van der Waals surface area contributed by atoms with Gasteiger partial charge in [-0.05, 0) is 17.7 Å². The predicted molar refractivity (Wildman–Crippen MR) is 82.1 cm³/mol. The van der Waals surface area contributed by atoms with Gasteiger partial charge in [0.25, 0.3) is 5.91 Å². The Labute approximate surface area is 124 Å². The molecular formula is C16H19N3O2. The maximum atomic E-state index is 11.9. The van der Waals surface area contributed by atoms with Crippen LogP contribution in [0.5, 0.6) is 0 Å². The highest BCUT2D eigenvalue weighted by atomic mass is 16.3. The third-order valence-corrected chi connectivity index (χ3v) is 3.11. The summed E-state index contributed by atoms with van der Waals surface area (Å²) in [5.41, 5.74) is 2.10. The number of aliphatic hydroxyl groups is 1. The van der Waals surface area contributed by atoms with Gasteiger partial charge < -0.3 is 15.3 Å². The molecular weight excluding hydrogens is 266 g/mol. The van der Waals surface area contributed by atoms with Crippen LogP contribution in [0.25, 0.3) is 0 Å². The minimum absolute atomic E-state index is 0.0384. The molecule has 0 saturated carbocycles. The zero-order chi connectivity index (χ0) is 15.2. The fourth-order valence-corrected chi connectivity index (χ4v) is 1.99. The van der Waals surface area contributed by atoms with E-state index in [-0.39, 0.29) is 18.6 Å². The van der Waals surface area contributed by atoms with Crippen LogP contribution in [0.4, 0.5) is 5.69 Å². The van der Waals surface area contributed by atoms with Crippen LogP contribution in [-0.4, -0.2) is 41.6 Å². The van der Waals surface area contributed by atoms with Crippen LogP contribution < -0.4 is 5.32 Å². The van der Waals surface area contributed by atoms with Gasteiger partial charge >= 0.3 is 0 Å². The first-order valence-electron chi connectivity index (χ1n) is 6.72. The van der Waals surface area contributed by atoms with Gasteiger partial charge in [0.05, 0.1) is 12.6 Å². The van der Waals surface area contributed by atoms with Gasteiger partial charge in [-0.3, -0.25) is 9.78 Å².